The summed E-state index contributed by atoms with van der Waals surface area (Å²) >= 11 is 0. The first-order chi connectivity index (χ1) is 12.5. The molecule has 1 atom stereocenters. The van der Waals surface area contributed by atoms with Crippen molar-refractivity contribution >= 4 is 5.91 Å². The Morgan fingerprint density at radius 2 is 2.19 bits per heavy atom. The van der Waals surface area contributed by atoms with Gasteiger partial charge in [-0.15, -0.1) is 0 Å². The van der Waals surface area contributed by atoms with Gasteiger partial charge in [-0.05, 0) is 38.8 Å². The number of carbonyl (C=O) groups excluding carboxylic acids is 1. The van der Waals surface area contributed by atoms with E-state index in [0.29, 0.717) is 18.1 Å². The van der Waals surface area contributed by atoms with Crippen LogP contribution in [0.1, 0.15) is 57.0 Å². The molecule has 2 aromatic rings. The molecule has 1 aliphatic carbocycles. The SMILES string of the molecule is CCOc1ccc(OC2CC(c3cc([C@H](C)NC(C)=O)on3)C2)c(F)c1. The normalized spacial score (nSPS) is 20.2. The predicted molar refractivity (Wildman–Crippen MR) is 92.7 cm³/mol. The van der Waals surface area contributed by atoms with Crippen molar-refractivity contribution < 1.29 is 23.2 Å². The van der Waals surface area contributed by atoms with Gasteiger partial charge in [-0.2, -0.15) is 0 Å². The van der Waals surface area contributed by atoms with Crippen LogP contribution in [-0.4, -0.2) is 23.8 Å². The molecule has 1 fully saturated rings. The quantitative estimate of drug-likeness (QED) is 0.812. The van der Waals surface area contributed by atoms with Gasteiger partial charge in [-0.3, -0.25) is 4.79 Å². The summed E-state index contributed by atoms with van der Waals surface area (Å²) in [6.07, 6.45) is 1.43. The zero-order valence-electron chi connectivity index (χ0n) is 15.1. The molecule has 1 saturated carbocycles. The van der Waals surface area contributed by atoms with Gasteiger partial charge in [0.05, 0.1) is 18.3 Å². The lowest BCUT2D eigenvalue weighted by Gasteiger charge is -2.34. The summed E-state index contributed by atoms with van der Waals surface area (Å²) in [5.41, 5.74) is 0.837. The zero-order valence-corrected chi connectivity index (χ0v) is 15.1. The molecule has 1 heterocycles. The van der Waals surface area contributed by atoms with E-state index in [1.54, 1.807) is 12.1 Å². The lowest BCUT2D eigenvalue weighted by atomic mass is 9.80. The van der Waals surface area contributed by atoms with Crippen molar-refractivity contribution in [2.24, 2.45) is 0 Å². The van der Waals surface area contributed by atoms with Crippen LogP contribution in [0, 0.1) is 5.82 Å². The van der Waals surface area contributed by atoms with Gasteiger partial charge in [0.2, 0.25) is 5.91 Å². The number of hydrogen-bond acceptors (Lipinski definition) is 5. The molecule has 0 spiro atoms. The molecule has 0 saturated heterocycles. The number of nitrogens with one attached hydrogen (secondary N) is 1. The number of aromatic nitrogens is 1. The Balaban J connectivity index is 1.53. The molecule has 1 aromatic carbocycles. The van der Waals surface area contributed by atoms with E-state index in [0.717, 1.165) is 18.5 Å². The smallest absolute Gasteiger partial charge is 0.217 e. The van der Waals surface area contributed by atoms with Crippen molar-refractivity contribution in [3.05, 3.63) is 41.5 Å². The predicted octanol–water partition coefficient (Wildman–Crippen LogP) is 3.73. The summed E-state index contributed by atoms with van der Waals surface area (Å²) in [6, 6.07) is 6.27. The van der Waals surface area contributed by atoms with Crippen LogP contribution in [-0.2, 0) is 4.79 Å². The summed E-state index contributed by atoms with van der Waals surface area (Å²) in [5, 5.41) is 6.84. The lowest BCUT2D eigenvalue weighted by molar-refractivity contribution is -0.119. The van der Waals surface area contributed by atoms with Crippen molar-refractivity contribution in [3.63, 3.8) is 0 Å². The second-order valence-corrected chi connectivity index (χ2v) is 6.51. The van der Waals surface area contributed by atoms with Gasteiger partial charge in [0.15, 0.2) is 17.3 Å². The van der Waals surface area contributed by atoms with Crippen LogP contribution in [0.5, 0.6) is 11.5 Å². The molecular formula is C19H23FN2O4. The van der Waals surface area contributed by atoms with Crippen LogP contribution in [0.3, 0.4) is 0 Å². The van der Waals surface area contributed by atoms with Crippen LogP contribution < -0.4 is 14.8 Å². The molecule has 0 radical (unpaired) electrons. The molecule has 1 amide bonds. The molecular weight excluding hydrogens is 339 g/mol. The van der Waals surface area contributed by atoms with Gasteiger partial charge in [0.1, 0.15) is 11.9 Å². The standard InChI is InChI=1S/C19H23FN2O4/c1-4-24-14-5-6-18(16(20)9-14)25-15-7-13(8-15)17-10-19(26-22-17)11(2)21-12(3)23/h5-6,9-11,13,15H,4,7-8H2,1-3H3,(H,21,23)/t11-,13?,15?/m0/s1. The molecule has 26 heavy (non-hydrogen) atoms. The Hall–Kier alpha value is -2.57. The fourth-order valence-electron chi connectivity index (χ4n) is 2.99. The average Bonchev–Trinajstić information content (AvgIpc) is 3.01. The number of ether oxygens (including phenoxy) is 2. The molecule has 3 rings (SSSR count). The molecule has 0 aliphatic heterocycles. The molecule has 6 nitrogen and oxygen atoms in total. The Morgan fingerprint density at radius 3 is 2.85 bits per heavy atom. The summed E-state index contributed by atoms with van der Waals surface area (Å²) in [4.78, 5) is 11.1. The minimum Gasteiger partial charge on any atom is -0.494 e. The fraction of sp³-hybridized carbons (Fsp3) is 0.474. The Kier molecular flexibility index (Phi) is 5.44. The fourth-order valence-corrected chi connectivity index (χ4v) is 2.99. The Bertz CT molecular complexity index is 771. The van der Waals surface area contributed by atoms with Crippen LogP contribution >= 0.6 is 0 Å². The lowest BCUT2D eigenvalue weighted by Crippen LogP contribution is -2.32. The van der Waals surface area contributed by atoms with Gasteiger partial charge in [-0.25, -0.2) is 4.39 Å². The molecule has 140 valence electrons. The number of benzene rings is 1. The molecule has 1 N–H and O–H groups in total. The first kappa shape index (κ1) is 18.2. The van der Waals surface area contributed by atoms with Crippen LogP contribution in [0.15, 0.2) is 28.8 Å². The van der Waals surface area contributed by atoms with E-state index in [1.807, 2.05) is 19.9 Å². The monoisotopic (exact) mass is 362 g/mol. The number of carbonyl (C=O) groups is 1. The van der Waals surface area contributed by atoms with Crippen LogP contribution in [0.25, 0.3) is 0 Å². The third-order valence-electron chi connectivity index (χ3n) is 4.41. The molecule has 7 heteroatoms. The third-order valence-corrected chi connectivity index (χ3v) is 4.41. The highest BCUT2D eigenvalue weighted by atomic mass is 19.1. The van der Waals surface area contributed by atoms with Gasteiger partial charge >= 0.3 is 0 Å². The van der Waals surface area contributed by atoms with Crippen LogP contribution in [0.2, 0.25) is 0 Å². The summed E-state index contributed by atoms with van der Waals surface area (Å²) in [7, 11) is 0. The van der Waals surface area contributed by atoms with Crippen molar-refractivity contribution in [3.8, 4) is 11.5 Å². The molecule has 1 aliphatic rings. The second-order valence-electron chi connectivity index (χ2n) is 6.51. The van der Waals surface area contributed by atoms with E-state index in [-0.39, 0.29) is 29.7 Å². The van der Waals surface area contributed by atoms with Gasteiger partial charge < -0.3 is 19.3 Å². The summed E-state index contributed by atoms with van der Waals surface area (Å²) in [5.74, 6) is 1.02. The van der Waals surface area contributed by atoms with E-state index < -0.39 is 5.82 Å². The summed E-state index contributed by atoms with van der Waals surface area (Å²) < 4.78 is 30.4. The highest BCUT2D eigenvalue weighted by molar-refractivity contribution is 5.73. The number of hydrogen-bond donors (Lipinski definition) is 1. The number of nitrogens with zero attached hydrogens (tertiary/aromatic N) is 1. The largest absolute Gasteiger partial charge is 0.494 e. The van der Waals surface area contributed by atoms with Gasteiger partial charge in [-0.1, -0.05) is 5.16 Å². The van der Waals surface area contributed by atoms with E-state index in [1.165, 1.54) is 13.0 Å². The van der Waals surface area contributed by atoms with Crippen molar-refractivity contribution in [2.45, 2.75) is 51.7 Å². The molecule has 0 unspecified atom stereocenters. The van der Waals surface area contributed by atoms with Gasteiger partial charge in [0.25, 0.3) is 0 Å². The summed E-state index contributed by atoms with van der Waals surface area (Å²) in [6.45, 7) is 5.64. The van der Waals surface area contributed by atoms with Crippen molar-refractivity contribution in [2.75, 3.05) is 6.61 Å². The average molecular weight is 362 g/mol. The van der Waals surface area contributed by atoms with E-state index >= 15 is 0 Å². The maximum atomic E-state index is 14.0. The molecule has 0 bridgehead atoms. The highest BCUT2D eigenvalue weighted by Crippen LogP contribution is 2.40. The van der Waals surface area contributed by atoms with E-state index in [2.05, 4.69) is 10.5 Å². The van der Waals surface area contributed by atoms with E-state index in [9.17, 15) is 9.18 Å². The van der Waals surface area contributed by atoms with Crippen molar-refractivity contribution in [1.82, 2.24) is 10.5 Å². The highest BCUT2D eigenvalue weighted by Gasteiger charge is 2.35. The maximum Gasteiger partial charge on any atom is 0.217 e. The first-order valence-corrected chi connectivity index (χ1v) is 8.78. The minimum atomic E-state index is -0.424. The maximum absolute atomic E-state index is 14.0. The number of halogens is 1. The third kappa shape index (κ3) is 4.15. The number of amides is 1. The minimum absolute atomic E-state index is 0.0552. The first-order valence-electron chi connectivity index (χ1n) is 8.78. The number of rotatable bonds is 7. The van der Waals surface area contributed by atoms with Crippen molar-refractivity contribution in [1.29, 1.82) is 0 Å². The van der Waals surface area contributed by atoms with Gasteiger partial charge in [0, 0.05) is 25.0 Å². The Labute approximate surface area is 151 Å². The topological polar surface area (TPSA) is 73.6 Å². The zero-order chi connectivity index (χ0) is 18.7. The Morgan fingerprint density at radius 1 is 1.42 bits per heavy atom. The van der Waals surface area contributed by atoms with E-state index in [4.69, 9.17) is 14.0 Å². The second kappa shape index (κ2) is 7.76. The van der Waals surface area contributed by atoms with Crippen LogP contribution in [0.4, 0.5) is 4.39 Å². The molecule has 1 aromatic heterocycles.